The first-order valence-electron chi connectivity index (χ1n) is 4.43. The number of hydrogen-bond acceptors (Lipinski definition) is 2. The minimum Gasteiger partial charge on any atom is -0.233 e. The predicted molar refractivity (Wildman–Crippen MR) is 60.5 cm³/mol. The molecule has 0 aliphatic heterocycles. The van der Waals surface area contributed by atoms with E-state index < -0.39 is 0 Å². The molecule has 1 aromatic rings. The summed E-state index contributed by atoms with van der Waals surface area (Å²) in [6.07, 6.45) is 1.63. The third-order valence-electron chi connectivity index (χ3n) is 2.08. The molecule has 0 aromatic heterocycles. The topological polar surface area (TPSA) is 34.1 Å². The summed E-state index contributed by atoms with van der Waals surface area (Å²) in [6, 6.07) is 7.19. The average molecular weight is 198 g/mol. The molecule has 0 saturated heterocycles. The summed E-state index contributed by atoms with van der Waals surface area (Å²) in [4.78, 5) is 21.3. The summed E-state index contributed by atoms with van der Waals surface area (Å²) < 4.78 is 0. The van der Waals surface area contributed by atoms with Gasteiger partial charge in [0.1, 0.15) is 11.9 Å². The van der Waals surface area contributed by atoms with Crippen molar-refractivity contribution in [2.24, 2.45) is 0 Å². The molecule has 2 nitrogen and oxygen atoms in total. The monoisotopic (exact) mass is 198 g/mol. The van der Waals surface area contributed by atoms with Gasteiger partial charge in [0.2, 0.25) is 0 Å². The van der Waals surface area contributed by atoms with Crippen molar-refractivity contribution in [1.82, 2.24) is 0 Å². The highest BCUT2D eigenvalue weighted by molar-refractivity contribution is 6.02. The number of hydrogen-bond donors (Lipinski definition) is 0. The molecule has 0 aliphatic carbocycles. The van der Waals surface area contributed by atoms with Crippen molar-refractivity contribution >= 4 is 23.5 Å². The minimum atomic E-state index is 0.237. The van der Waals surface area contributed by atoms with E-state index in [9.17, 15) is 9.59 Å². The van der Waals surface area contributed by atoms with Crippen LogP contribution in [0.4, 0.5) is 0 Å². The zero-order valence-electron chi connectivity index (χ0n) is 8.41. The molecule has 15 heavy (non-hydrogen) atoms. The van der Waals surface area contributed by atoms with Gasteiger partial charge in [-0.3, -0.25) is 0 Å². The van der Waals surface area contributed by atoms with Crippen LogP contribution in [-0.2, 0) is 9.59 Å². The minimum absolute atomic E-state index is 0.237. The fraction of sp³-hybridized carbons (Fsp3) is 0.0769. The molecule has 0 heterocycles. The highest BCUT2D eigenvalue weighted by Gasteiger charge is 2.08. The van der Waals surface area contributed by atoms with Gasteiger partial charge >= 0.3 is 0 Å². The summed E-state index contributed by atoms with van der Waals surface area (Å²) in [7, 11) is 0. The Morgan fingerprint density at radius 1 is 1.27 bits per heavy atom. The standard InChI is InChI=1S/C13H10O2/c1-3-11-6-4-5-7-12(11)13(9-15)10(2)8-14/h3-7H,1H2,2H3. The molecule has 0 N–H and O–H groups in total. The van der Waals surface area contributed by atoms with Crippen LogP contribution >= 0.6 is 0 Å². The smallest absolute Gasteiger partial charge is 0.134 e. The zero-order valence-corrected chi connectivity index (χ0v) is 8.41. The van der Waals surface area contributed by atoms with E-state index in [0.29, 0.717) is 5.56 Å². The molecule has 74 valence electrons. The van der Waals surface area contributed by atoms with Crippen LogP contribution in [0.15, 0.2) is 36.4 Å². The van der Waals surface area contributed by atoms with Crippen molar-refractivity contribution in [3.8, 4) is 0 Å². The highest BCUT2D eigenvalue weighted by Crippen LogP contribution is 2.22. The van der Waals surface area contributed by atoms with E-state index in [1.807, 2.05) is 12.1 Å². The van der Waals surface area contributed by atoms with E-state index in [0.717, 1.165) is 5.56 Å². The number of rotatable bonds is 3. The van der Waals surface area contributed by atoms with E-state index in [2.05, 4.69) is 6.58 Å². The van der Waals surface area contributed by atoms with Crippen molar-refractivity contribution < 1.29 is 9.59 Å². The fourth-order valence-corrected chi connectivity index (χ4v) is 1.29. The Bertz CT molecular complexity index is 485. The molecule has 0 atom stereocenters. The van der Waals surface area contributed by atoms with E-state index in [1.54, 1.807) is 30.1 Å². The lowest BCUT2D eigenvalue weighted by Crippen LogP contribution is -1.91. The van der Waals surface area contributed by atoms with Gasteiger partial charge in [0.05, 0.1) is 11.1 Å². The Morgan fingerprint density at radius 3 is 2.47 bits per heavy atom. The number of carbonyl (C=O) groups excluding carboxylic acids is 2. The summed E-state index contributed by atoms with van der Waals surface area (Å²) in [5.74, 6) is 3.46. The number of benzene rings is 1. The molecule has 0 fully saturated rings. The van der Waals surface area contributed by atoms with E-state index in [1.165, 1.54) is 6.92 Å². The van der Waals surface area contributed by atoms with Crippen molar-refractivity contribution in [1.29, 1.82) is 0 Å². The Hall–Kier alpha value is -2.14. The first kappa shape index (κ1) is 10.9. The lowest BCUT2D eigenvalue weighted by Gasteiger charge is -2.04. The van der Waals surface area contributed by atoms with Crippen LogP contribution in [0.3, 0.4) is 0 Å². The Kier molecular flexibility index (Phi) is 3.59. The first-order chi connectivity index (χ1) is 7.24. The predicted octanol–water partition coefficient (Wildman–Crippen LogP) is 2.32. The molecule has 0 saturated carbocycles. The van der Waals surface area contributed by atoms with Gasteiger partial charge in [0, 0.05) is 5.56 Å². The van der Waals surface area contributed by atoms with E-state index >= 15 is 0 Å². The number of allylic oxidation sites excluding steroid dienone is 2. The molecule has 0 aliphatic rings. The molecule has 1 rings (SSSR count). The fourth-order valence-electron chi connectivity index (χ4n) is 1.29. The molecular weight excluding hydrogens is 188 g/mol. The highest BCUT2D eigenvalue weighted by atomic mass is 16.1. The van der Waals surface area contributed by atoms with Crippen LogP contribution in [0.5, 0.6) is 0 Å². The molecule has 2 heteroatoms. The normalized spacial score (nSPS) is 8.60. The lowest BCUT2D eigenvalue weighted by molar-refractivity contribution is 0.566. The molecule has 0 radical (unpaired) electrons. The van der Waals surface area contributed by atoms with Gasteiger partial charge in [-0.15, -0.1) is 0 Å². The maximum atomic E-state index is 10.8. The van der Waals surface area contributed by atoms with Crippen molar-refractivity contribution in [3.05, 3.63) is 47.5 Å². The lowest BCUT2D eigenvalue weighted by atomic mass is 9.96. The summed E-state index contributed by atoms with van der Waals surface area (Å²) >= 11 is 0. The van der Waals surface area contributed by atoms with E-state index in [-0.39, 0.29) is 11.1 Å². The Labute approximate surface area is 88.2 Å². The summed E-state index contributed by atoms with van der Waals surface area (Å²) in [5, 5.41) is 0. The molecule has 1 aromatic carbocycles. The quantitative estimate of drug-likeness (QED) is 0.551. The van der Waals surface area contributed by atoms with Gasteiger partial charge < -0.3 is 0 Å². The first-order valence-corrected chi connectivity index (χ1v) is 4.43. The second kappa shape index (κ2) is 4.92. The Balaban J connectivity index is 3.44. The van der Waals surface area contributed by atoms with Gasteiger partial charge in [-0.2, -0.15) is 0 Å². The van der Waals surface area contributed by atoms with Crippen LogP contribution in [0.1, 0.15) is 18.1 Å². The van der Waals surface area contributed by atoms with Gasteiger partial charge in [0.25, 0.3) is 0 Å². The van der Waals surface area contributed by atoms with E-state index in [4.69, 9.17) is 0 Å². The Morgan fingerprint density at radius 2 is 1.93 bits per heavy atom. The third-order valence-corrected chi connectivity index (χ3v) is 2.08. The van der Waals surface area contributed by atoms with Crippen LogP contribution in [0, 0.1) is 0 Å². The molecule has 0 bridgehead atoms. The maximum absolute atomic E-state index is 10.8. The summed E-state index contributed by atoms with van der Waals surface area (Å²) in [5.41, 5.74) is 1.94. The second-order valence-electron chi connectivity index (χ2n) is 3.00. The molecular formula is C13H10O2. The zero-order chi connectivity index (χ0) is 11.3. The van der Waals surface area contributed by atoms with Gasteiger partial charge in [-0.1, -0.05) is 36.9 Å². The summed E-state index contributed by atoms with van der Waals surface area (Å²) in [6.45, 7) is 5.18. The van der Waals surface area contributed by atoms with Gasteiger partial charge in [0.15, 0.2) is 0 Å². The van der Waals surface area contributed by atoms with Crippen LogP contribution < -0.4 is 0 Å². The van der Waals surface area contributed by atoms with Crippen LogP contribution in [-0.4, -0.2) is 11.9 Å². The SMILES string of the molecule is C=Cc1ccccc1C(=C=O)C(C)=C=O. The van der Waals surface area contributed by atoms with Gasteiger partial charge in [-0.25, -0.2) is 9.59 Å². The molecule has 0 amide bonds. The molecule has 0 unspecified atom stereocenters. The van der Waals surface area contributed by atoms with Crippen LogP contribution in [0.2, 0.25) is 0 Å². The third kappa shape index (κ3) is 2.21. The second-order valence-corrected chi connectivity index (χ2v) is 3.00. The maximum Gasteiger partial charge on any atom is 0.134 e. The van der Waals surface area contributed by atoms with Crippen molar-refractivity contribution in [2.45, 2.75) is 6.92 Å². The molecule has 0 spiro atoms. The van der Waals surface area contributed by atoms with Crippen LogP contribution in [0.25, 0.3) is 11.6 Å². The largest absolute Gasteiger partial charge is 0.233 e. The van der Waals surface area contributed by atoms with Crippen molar-refractivity contribution in [3.63, 3.8) is 0 Å². The average Bonchev–Trinajstić information content (AvgIpc) is 2.30. The van der Waals surface area contributed by atoms with Crippen molar-refractivity contribution in [2.75, 3.05) is 0 Å². The van der Waals surface area contributed by atoms with Gasteiger partial charge in [-0.05, 0) is 12.5 Å².